The average Bonchev–Trinajstić information content (AvgIpc) is 3.16. The summed E-state index contributed by atoms with van der Waals surface area (Å²) in [4.78, 5) is 14.0. The summed E-state index contributed by atoms with van der Waals surface area (Å²) in [5.74, 6) is 0.846. The van der Waals surface area contributed by atoms with Gasteiger partial charge in [0.1, 0.15) is 15.8 Å². The quantitative estimate of drug-likeness (QED) is 0.619. The number of fused-ring (bicyclic) bond motifs is 1. The van der Waals surface area contributed by atoms with Crippen molar-refractivity contribution in [1.82, 2.24) is 14.9 Å². The van der Waals surface area contributed by atoms with Crippen LogP contribution in [0.1, 0.15) is 25.1 Å². The Morgan fingerprint density at radius 3 is 2.77 bits per heavy atom. The topological polar surface area (TPSA) is 29.0 Å². The second kappa shape index (κ2) is 6.24. The number of thiophene rings is 2. The summed E-state index contributed by atoms with van der Waals surface area (Å²) in [6, 6.07) is 4.17. The van der Waals surface area contributed by atoms with Gasteiger partial charge >= 0.3 is 0 Å². The molecule has 0 spiro atoms. The fourth-order valence-corrected chi connectivity index (χ4v) is 5.07. The monoisotopic (exact) mass is 349 g/mol. The molecule has 0 amide bonds. The minimum Gasteiger partial charge on any atom is -0.296 e. The van der Waals surface area contributed by atoms with Gasteiger partial charge in [0, 0.05) is 15.8 Å². The standard InChI is InChI=1S/C16H16ClN3S2/c17-15-14-11(12-5-4-8-21-12)10-22-16(14)19-13(18-15)9-20-6-2-1-3-7-20/h4-5,8,10H,1-3,6-7,9H2. The van der Waals surface area contributed by atoms with Gasteiger partial charge in [0.2, 0.25) is 0 Å². The van der Waals surface area contributed by atoms with Crippen LogP contribution in [0.4, 0.5) is 0 Å². The van der Waals surface area contributed by atoms with E-state index in [-0.39, 0.29) is 0 Å². The first-order valence-electron chi connectivity index (χ1n) is 7.51. The van der Waals surface area contributed by atoms with Crippen LogP contribution < -0.4 is 0 Å². The minimum absolute atomic E-state index is 0.585. The number of aromatic nitrogens is 2. The molecule has 3 nitrogen and oxygen atoms in total. The number of rotatable bonds is 3. The van der Waals surface area contributed by atoms with Crippen LogP contribution in [0.15, 0.2) is 22.9 Å². The number of piperidine rings is 1. The third-order valence-corrected chi connectivity index (χ3v) is 6.08. The maximum atomic E-state index is 6.48. The van der Waals surface area contributed by atoms with E-state index in [0.29, 0.717) is 5.15 Å². The maximum Gasteiger partial charge on any atom is 0.145 e. The molecule has 114 valence electrons. The maximum absolute atomic E-state index is 6.48. The molecule has 0 saturated carbocycles. The average molecular weight is 350 g/mol. The molecular formula is C16H16ClN3S2. The van der Waals surface area contributed by atoms with Crippen molar-refractivity contribution in [3.05, 3.63) is 33.9 Å². The van der Waals surface area contributed by atoms with Gasteiger partial charge in [-0.15, -0.1) is 22.7 Å². The van der Waals surface area contributed by atoms with Gasteiger partial charge in [0.25, 0.3) is 0 Å². The molecule has 0 N–H and O–H groups in total. The van der Waals surface area contributed by atoms with E-state index in [2.05, 4.69) is 32.8 Å². The molecule has 0 atom stereocenters. The zero-order valence-electron chi connectivity index (χ0n) is 12.1. The lowest BCUT2D eigenvalue weighted by molar-refractivity contribution is 0.216. The van der Waals surface area contributed by atoms with Crippen LogP contribution in [0.5, 0.6) is 0 Å². The van der Waals surface area contributed by atoms with Crippen molar-refractivity contribution < 1.29 is 0 Å². The van der Waals surface area contributed by atoms with E-state index < -0.39 is 0 Å². The third kappa shape index (κ3) is 2.78. The van der Waals surface area contributed by atoms with Gasteiger partial charge in [-0.1, -0.05) is 24.1 Å². The molecule has 0 radical (unpaired) electrons. The third-order valence-electron chi connectivity index (χ3n) is 4.04. The van der Waals surface area contributed by atoms with Crippen LogP contribution in [0, 0.1) is 0 Å². The molecule has 1 saturated heterocycles. The van der Waals surface area contributed by atoms with Crippen LogP contribution in [0.3, 0.4) is 0 Å². The molecule has 1 aliphatic rings. The fourth-order valence-electron chi connectivity index (χ4n) is 2.94. The van der Waals surface area contributed by atoms with E-state index >= 15 is 0 Å². The summed E-state index contributed by atoms with van der Waals surface area (Å²) in [7, 11) is 0. The molecule has 6 heteroatoms. The first-order chi connectivity index (χ1) is 10.8. The van der Waals surface area contributed by atoms with Gasteiger partial charge in [0.15, 0.2) is 0 Å². The lowest BCUT2D eigenvalue weighted by Gasteiger charge is -2.25. The Kier molecular flexibility index (Phi) is 4.13. The molecule has 0 aliphatic carbocycles. The lowest BCUT2D eigenvalue weighted by atomic mass is 10.1. The summed E-state index contributed by atoms with van der Waals surface area (Å²) in [5.41, 5.74) is 1.16. The smallest absolute Gasteiger partial charge is 0.145 e. The van der Waals surface area contributed by atoms with Gasteiger partial charge in [0.05, 0.1) is 11.9 Å². The van der Waals surface area contributed by atoms with Crippen molar-refractivity contribution in [3.8, 4) is 10.4 Å². The van der Waals surface area contributed by atoms with E-state index in [1.807, 2.05) is 0 Å². The van der Waals surface area contributed by atoms with Crippen LogP contribution >= 0.6 is 34.3 Å². The highest BCUT2D eigenvalue weighted by atomic mass is 35.5. The number of hydrogen-bond acceptors (Lipinski definition) is 5. The molecule has 0 aromatic carbocycles. The minimum atomic E-state index is 0.585. The first kappa shape index (κ1) is 14.6. The van der Waals surface area contributed by atoms with Crippen LogP contribution in [-0.4, -0.2) is 28.0 Å². The van der Waals surface area contributed by atoms with Crippen LogP contribution in [0.2, 0.25) is 5.15 Å². The summed E-state index contributed by atoms with van der Waals surface area (Å²) in [6.45, 7) is 3.09. The Morgan fingerprint density at radius 1 is 1.14 bits per heavy atom. The fraction of sp³-hybridized carbons (Fsp3) is 0.375. The van der Waals surface area contributed by atoms with Crippen molar-refractivity contribution >= 4 is 44.5 Å². The summed E-state index contributed by atoms with van der Waals surface area (Å²) in [6.07, 6.45) is 3.89. The number of nitrogens with zero attached hydrogens (tertiary/aromatic N) is 3. The molecule has 3 aromatic heterocycles. The molecule has 0 bridgehead atoms. The van der Waals surface area contributed by atoms with Crippen molar-refractivity contribution in [2.75, 3.05) is 13.1 Å². The molecule has 22 heavy (non-hydrogen) atoms. The number of likely N-dealkylation sites (tertiary alicyclic amines) is 1. The van der Waals surface area contributed by atoms with Crippen molar-refractivity contribution in [1.29, 1.82) is 0 Å². The van der Waals surface area contributed by atoms with E-state index in [1.165, 1.54) is 24.1 Å². The van der Waals surface area contributed by atoms with Gasteiger partial charge < -0.3 is 0 Å². The van der Waals surface area contributed by atoms with Gasteiger partial charge in [-0.3, -0.25) is 4.90 Å². The Morgan fingerprint density at radius 2 is 2.00 bits per heavy atom. The van der Waals surface area contributed by atoms with E-state index in [1.54, 1.807) is 22.7 Å². The highest BCUT2D eigenvalue weighted by Crippen LogP contribution is 2.38. The Balaban J connectivity index is 1.69. The zero-order chi connectivity index (χ0) is 14.9. The summed E-state index contributed by atoms with van der Waals surface area (Å²) >= 11 is 9.86. The largest absolute Gasteiger partial charge is 0.296 e. The number of halogens is 1. The predicted molar refractivity (Wildman–Crippen MR) is 94.9 cm³/mol. The molecule has 4 heterocycles. The van der Waals surface area contributed by atoms with E-state index in [4.69, 9.17) is 16.6 Å². The van der Waals surface area contributed by atoms with Crippen LogP contribution in [0.25, 0.3) is 20.7 Å². The molecular weight excluding hydrogens is 334 g/mol. The Bertz CT molecular complexity index is 776. The Labute approximate surface area is 142 Å². The van der Waals surface area contributed by atoms with E-state index in [9.17, 15) is 0 Å². The summed E-state index contributed by atoms with van der Waals surface area (Å²) < 4.78 is 0. The second-order valence-electron chi connectivity index (χ2n) is 5.57. The molecule has 4 rings (SSSR count). The normalized spacial score (nSPS) is 16.4. The Hall–Kier alpha value is -1.01. The SMILES string of the molecule is Clc1nc(CN2CCCCC2)nc2scc(-c3cccs3)c12. The van der Waals surface area contributed by atoms with Crippen molar-refractivity contribution in [2.24, 2.45) is 0 Å². The molecule has 3 aromatic rings. The highest BCUT2D eigenvalue weighted by Gasteiger charge is 2.17. The lowest BCUT2D eigenvalue weighted by Crippen LogP contribution is -2.29. The zero-order valence-corrected chi connectivity index (χ0v) is 14.5. The van der Waals surface area contributed by atoms with Crippen molar-refractivity contribution in [2.45, 2.75) is 25.8 Å². The first-order valence-corrected chi connectivity index (χ1v) is 9.65. The molecule has 1 aliphatic heterocycles. The summed E-state index contributed by atoms with van der Waals surface area (Å²) in [5, 5.41) is 5.80. The second-order valence-corrected chi connectivity index (χ2v) is 7.74. The van der Waals surface area contributed by atoms with Crippen LogP contribution in [-0.2, 0) is 6.54 Å². The van der Waals surface area contributed by atoms with E-state index in [0.717, 1.165) is 41.2 Å². The predicted octanol–water partition coefficient (Wildman–Crippen LogP) is 5.06. The van der Waals surface area contributed by atoms with Gasteiger partial charge in [-0.2, -0.15) is 0 Å². The van der Waals surface area contributed by atoms with Gasteiger partial charge in [-0.05, 0) is 37.4 Å². The molecule has 0 unspecified atom stereocenters. The number of hydrogen-bond donors (Lipinski definition) is 0. The highest BCUT2D eigenvalue weighted by molar-refractivity contribution is 7.18. The van der Waals surface area contributed by atoms with Gasteiger partial charge in [-0.25, -0.2) is 9.97 Å². The van der Waals surface area contributed by atoms with Crippen molar-refractivity contribution in [3.63, 3.8) is 0 Å². The molecule has 1 fully saturated rings.